The second kappa shape index (κ2) is 7.90. The van der Waals surface area contributed by atoms with Gasteiger partial charge in [0.1, 0.15) is 0 Å². The molecule has 0 saturated carbocycles. The number of methoxy groups -OCH3 is 1. The topological polar surface area (TPSA) is 41.6 Å². The summed E-state index contributed by atoms with van der Waals surface area (Å²) in [5.74, 6) is 0.0597. The maximum atomic E-state index is 12.8. The predicted octanol–water partition coefficient (Wildman–Crippen LogP) is 2.92. The van der Waals surface area contributed by atoms with Crippen LogP contribution in [0.4, 0.5) is 5.69 Å². The number of carbonyl (C=O) groups is 1. The standard InChI is InChI=1S/C16H26N2O2/c1-6-13(3)18(9-10-20-5)16(19)14-11-12(2)7-8-15(14)17-4/h7-8,11,13,17H,6,9-10H2,1-5H3. The van der Waals surface area contributed by atoms with Crippen LogP contribution in [0.3, 0.4) is 0 Å². The van der Waals surface area contributed by atoms with Crippen molar-refractivity contribution in [2.24, 2.45) is 0 Å². The zero-order chi connectivity index (χ0) is 15.1. The summed E-state index contributed by atoms with van der Waals surface area (Å²) in [4.78, 5) is 14.7. The molecule has 1 amide bonds. The number of aryl methyl sites for hydroxylation is 1. The first-order valence-electron chi connectivity index (χ1n) is 7.13. The highest BCUT2D eigenvalue weighted by atomic mass is 16.5. The van der Waals surface area contributed by atoms with Gasteiger partial charge < -0.3 is 15.0 Å². The smallest absolute Gasteiger partial charge is 0.256 e. The number of carbonyl (C=O) groups excluding carboxylic acids is 1. The molecule has 4 nitrogen and oxygen atoms in total. The number of nitrogens with zero attached hydrogens (tertiary/aromatic N) is 1. The molecule has 0 aliphatic carbocycles. The second-order valence-electron chi connectivity index (χ2n) is 5.05. The number of benzene rings is 1. The largest absolute Gasteiger partial charge is 0.387 e. The third-order valence-electron chi connectivity index (χ3n) is 3.59. The molecule has 1 atom stereocenters. The fraction of sp³-hybridized carbons (Fsp3) is 0.562. The van der Waals surface area contributed by atoms with Gasteiger partial charge in [0.25, 0.3) is 5.91 Å². The van der Waals surface area contributed by atoms with Crippen molar-refractivity contribution in [2.75, 3.05) is 32.6 Å². The molecule has 1 rings (SSSR count). The van der Waals surface area contributed by atoms with Gasteiger partial charge >= 0.3 is 0 Å². The molecular weight excluding hydrogens is 252 g/mol. The maximum absolute atomic E-state index is 12.8. The number of anilines is 1. The van der Waals surface area contributed by atoms with E-state index in [1.54, 1.807) is 7.11 Å². The first-order valence-corrected chi connectivity index (χ1v) is 7.13. The Labute approximate surface area is 122 Å². The Morgan fingerprint density at radius 1 is 1.45 bits per heavy atom. The highest BCUT2D eigenvalue weighted by Crippen LogP contribution is 2.20. The van der Waals surface area contributed by atoms with Gasteiger partial charge in [-0.15, -0.1) is 0 Å². The lowest BCUT2D eigenvalue weighted by Gasteiger charge is -2.29. The van der Waals surface area contributed by atoms with Crippen LogP contribution >= 0.6 is 0 Å². The molecule has 0 aromatic heterocycles. The second-order valence-corrected chi connectivity index (χ2v) is 5.05. The highest BCUT2D eigenvalue weighted by Gasteiger charge is 2.22. The molecule has 4 heteroatoms. The monoisotopic (exact) mass is 278 g/mol. The van der Waals surface area contributed by atoms with Crippen LogP contribution in [0.1, 0.15) is 36.2 Å². The number of hydrogen-bond acceptors (Lipinski definition) is 3. The van der Waals surface area contributed by atoms with Crippen LogP contribution < -0.4 is 5.32 Å². The summed E-state index contributed by atoms with van der Waals surface area (Å²) >= 11 is 0. The van der Waals surface area contributed by atoms with Crippen LogP contribution in [0.25, 0.3) is 0 Å². The highest BCUT2D eigenvalue weighted by molar-refractivity contribution is 6.00. The molecular formula is C16H26N2O2. The Bertz CT molecular complexity index is 446. The minimum atomic E-state index is 0.0597. The Morgan fingerprint density at radius 2 is 2.15 bits per heavy atom. The lowest BCUT2D eigenvalue weighted by Crippen LogP contribution is -2.40. The van der Waals surface area contributed by atoms with Gasteiger partial charge in [-0.25, -0.2) is 0 Å². The summed E-state index contributed by atoms with van der Waals surface area (Å²) < 4.78 is 5.12. The summed E-state index contributed by atoms with van der Waals surface area (Å²) in [5, 5.41) is 3.09. The van der Waals surface area contributed by atoms with Gasteiger partial charge in [-0.2, -0.15) is 0 Å². The first-order chi connectivity index (χ1) is 9.54. The van der Waals surface area contributed by atoms with Gasteiger partial charge in [-0.1, -0.05) is 18.6 Å². The maximum Gasteiger partial charge on any atom is 0.256 e. The molecule has 0 bridgehead atoms. The van der Waals surface area contributed by atoms with E-state index in [4.69, 9.17) is 4.74 Å². The Morgan fingerprint density at radius 3 is 2.70 bits per heavy atom. The van der Waals surface area contributed by atoms with Crippen molar-refractivity contribution in [2.45, 2.75) is 33.2 Å². The molecule has 1 aromatic carbocycles. The van der Waals surface area contributed by atoms with Crippen molar-refractivity contribution < 1.29 is 9.53 Å². The van der Waals surface area contributed by atoms with Gasteiger partial charge in [-0.3, -0.25) is 4.79 Å². The van der Waals surface area contributed by atoms with Gasteiger partial charge in [-0.05, 0) is 32.4 Å². The molecule has 1 unspecified atom stereocenters. The van der Waals surface area contributed by atoms with Gasteiger partial charge in [0.2, 0.25) is 0 Å². The van der Waals surface area contributed by atoms with Crippen molar-refractivity contribution in [3.05, 3.63) is 29.3 Å². The first kappa shape index (κ1) is 16.5. The minimum absolute atomic E-state index is 0.0597. The summed E-state index contributed by atoms with van der Waals surface area (Å²) in [5.41, 5.74) is 2.68. The van der Waals surface area contributed by atoms with E-state index in [2.05, 4.69) is 19.2 Å². The average Bonchev–Trinajstić information content (AvgIpc) is 2.46. The van der Waals surface area contributed by atoms with E-state index in [-0.39, 0.29) is 11.9 Å². The Hall–Kier alpha value is -1.55. The lowest BCUT2D eigenvalue weighted by molar-refractivity contribution is 0.0615. The number of amides is 1. The SMILES string of the molecule is CCC(C)N(CCOC)C(=O)c1cc(C)ccc1NC. The van der Waals surface area contributed by atoms with Crippen LogP contribution in [0, 0.1) is 6.92 Å². The van der Waals surface area contributed by atoms with Crippen LogP contribution in [-0.4, -0.2) is 44.2 Å². The van der Waals surface area contributed by atoms with Crippen LogP contribution in [0.2, 0.25) is 0 Å². The predicted molar refractivity (Wildman–Crippen MR) is 83.4 cm³/mol. The zero-order valence-electron chi connectivity index (χ0n) is 13.2. The number of ether oxygens (including phenoxy) is 1. The summed E-state index contributed by atoms with van der Waals surface area (Å²) in [6.45, 7) is 7.33. The van der Waals surface area contributed by atoms with Crippen molar-refractivity contribution >= 4 is 11.6 Å². The number of hydrogen-bond donors (Lipinski definition) is 1. The molecule has 0 radical (unpaired) electrons. The van der Waals surface area contributed by atoms with Crippen LogP contribution in [-0.2, 0) is 4.74 Å². The van der Waals surface area contributed by atoms with Gasteiger partial charge in [0.15, 0.2) is 0 Å². The van der Waals surface area contributed by atoms with E-state index < -0.39 is 0 Å². The van der Waals surface area contributed by atoms with E-state index in [0.29, 0.717) is 13.2 Å². The van der Waals surface area contributed by atoms with Gasteiger partial charge in [0, 0.05) is 32.4 Å². The third kappa shape index (κ3) is 3.97. The summed E-state index contributed by atoms with van der Waals surface area (Å²) in [7, 11) is 3.50. The molecule has 112 valence electrons. The van der Waals surface area contributed by atoms with Crippen molar-refractivity contribution in [3.63, 3.8) is 0 Å². The van der Waals surface area contributed by atoms with Crippen molar-refractivity contribution in [1.29, 1.82) is 0 Å². The molecule has 0 spiro atoms. The quantitative estimate of drug-likeness (QED) is 0.834. The Kier molecular flexibility index (Phi) is 6.52. The average molecular weight is 278 g/mol. The Balaban J connectivity index is 3.07. The molecule has 0 fully saturated rings. The molecule has 0 heterocycles. The van der Waals surface area contributed by atoms with E-state index in [1.807, 2.05) is 37.1 Å². The van der Waals surface area contributed by atoms with Gasteiger partial charge in [0.05, 0.1) is 12.2 Å². The van der Waals surface area contributed by atoms with E-state index in [0.717, 1.165) is 23.2 Å². The fourth-order valence-corrected chi connectivity index (χ4v) is 2.14. The lowest BCUT2D eigenvalue weighted by atomic mass is 10.1. The van der Waals surface area contributed by atoms with Crippen molar-refractivity contribution in [3.8, 4) is 0 Å². The normalized spacial score (nSPS) is 12.1. The van der Waals surface area contributed by atoms with Crippen molar-refractivity contribution in [1.82, 2.24) is 4.90 Å². The molecule has 0 aliphatic heterocycles. The van der Waals surface area contributed by atoms with E-state index >= 15 is 0 Å². The molecule has 0 aliphatic rings. The zero-order valence-corrected chi connectivity index (χ0v) is 13.2. The fourth-order valence-electron chi connectivity index (χ4n) is 2.14. The number of nitrogens with one attached hydrogen (secondary N) is 1. The number of rotatable bonds is 7. The molecule has 1 N–H and O–H groups in total. The molecule has 1 aromatic rings. The van der Waals surface area contributed by atoms with E-state index in [1.165, 1.54) is 0 Å². The molecule has 20 heavy (non-hydrogen) atoms. The summed E-state index contributed by atoms with van der Waals surface area (Å²) in [6, 6.07) is 6.10. The van der Waals surface area contributed by atoms with Crippen LogP contribution in [0.15, 0.2) is 18.2 Å². The minimum Gasteiger partial charge on any atom is -0.387 e. The van der Waals surface area contributed by atoms with Crippen LogP contribution in [0.5, 0.6) is 0 Å². The third-order valence-corrected chi connectivity index (χ3v) is 3.59. The molecule has 0 saturated heterocycles. The summed E-state index contributed by atoms with van der Waals surface area (Å²) in [6.07, 6.45) is 0.927. The van der Waals surface area contributed by atoms with E-state index in [9.17, 15) is 4.79 Å².